The minimum atomic E-state index is -0.360. The van der Waals surface area contributed by atoms with Crippen LogP contribution in [-0.2, 0) is 4.79 Å². The summed E-state index contributed by atoms with van der Waals surface area (Å²) in [5, 5.41) is 3.52. The van der Waals surface area contributed by atoms with Crippen molar-refractivity contribution < 1.29 is 19.1 Å². The molecule has 0 saturated carbocycles. The molecule has 1 aliphatic heterocycles. The Morgan fingerprint density at radius 1 is 1.11 bits per heavy atom. The molecule has 0 atom stereocenters. The molecular weight excluding hydrogens is 391 g/mol. The first-order valence-electron chi connectivity index (χ1n) is 8.41. The van der Waals surface area contributed by atoms with Gasteiger partial charge in [0, 0.05) is 17.1 Å². The number of carbonyl (C=O) groups excluding carboxylic acids is 2. The van der Waals surface area contributed by atoms with Gasteiger partial charge in [0.1, 0.15) is 6.54 Å². The molecule has 0 aromatic heterocycles. The highest BCUT2D eigenvalue weighted by atomic mass is 35.5. The molecule has 0 unspecified atom stereocenters. The van der Waals surface area contributed by atoms with E-state index in [1.807, 2.05) is 6.92 Å². The van der Waals surface area contributed by atoms with E-state index in [9.17, 15) is 9.59 Å². The quantitative estimate of drug-likeness (QED) is 0.776. The lowest BCUT2D eigenvalue weighted by Gasteiger charge is -2.22. The van der Waals surface area contributed by atoms with E-state index in [1.54, 1.807) is 36.4 Å². The lowest BCUT2D eigenvalue weighted by molar-refractivity contribution is -0.116. The number of fused-ring (bicyclic) bond motifs is 1. The van der Waals surface area contributed by atoms with Crippen molar-refractivity contribution in [1.29, 1.82) is 0 Å². The maximum atomic E-state index is 12.8. The van der Waals surface area contributed by atoms with Gasteiger partial charge in [-0.3, -0.25) is 9.59 Å². The van der Waals surface area contributed by atoms with E-state index in [1.165, 1.54) is 4.90 Å². The van der Waals surface area contributed by atoms with Gasteiger partial charge in [0.15, 0.2) is 11.5 Å². The zero-order valence-corrected chi connectivity index (χ0v) is 16.1. The number of hydrogen-bond donors (Lipinski definition) is 1. The molecule has 0 aliphatic carbocycles. The van der Waals surface area contributed by atoms with E-state index >= 15 is 0 Å². The van der Waals surface area contributed by atoms with Crippen molar-refractivity contribution in [1.82, 2.24) is 4.90 Å². The third-order valence-corrected chi connectivity index (χ3v) is 4.50. The number of halogens is 2. The summed E-state index contributed by atoms with van der Waals surface area (Å²) in [6.45, 7) is 2.40. The van der Waals surface area contributed by atoms with Gasteiger partial charge in [-0.05, 0) is 42.8 Å². The maximum Gasteiger partial charge on any atom is 0.254 e. The van der Waals surface area contributed by atoms with Gasteiger partial charge in [-0.1, -0.05) is 30.1 Å². The van der Waals surface area contributed by atoms with Crippen LogP contribution >= 0.6 is 23.2 Å². The smallest absolute Gasteiger partial charge is 0.254 e. The fourth-order valence-corrected chi connectivity index (χ4v) is 3.03. The Morgan fingerprint density at radius 2 is 1.89 bits per heavy atom. The third kappa shape index (κ3) is 4.64. The van der Waals surface area contributed by atoms with Crippen LogP contribution in [0.1, 0.15) is 23.7 Å². The first-order valence-corrected chi connectivity index (χ1v) is 9.17. The monoisotopic (exact) mass is 408 g/mol. The second-order valence-corrected chi connectivity index (χ2v) is 6.81. The molecule has 0 bridgehead atoms. The molecule has 8 heteroatoms. The summed E-state index contributed by atoms with van der Waals surface area (Å²) in [7, 11) is 0. The highest BCUT2D eigenvalue weighted by Gasteiger charge is 2.22. The number of ether oxygens (including phenoxy) is 2. The Hall–Kier alpha value is -2.44. The summed E-state index contributed by atoms with van der Waals surface area (Å²) in [6.07, 6.45) is 0.710. The first kappa shape index (κ1) is 19.3. The predicted molar refractivity (Wildman–Crippen MR) is 104 cm³/mol. The number of nitrogens with zero attached hydrogens (tertiary/aromatic N) is 1. The Morgan fingerprint density at radius 3 is 2.67 bits per heavy atom. The molecule has 1 heterocycles. The maximum absolute atomic E-state index is 12.8. The van der Waals surface area contributed by atoms with Crippen LogP contribution in [0.4, 0.5) is 5.69 Å². The van der Waals surface area contributed by atoms with Crippen molar-refractivity contribution in [3.05, 3.63) is 52.0 Å². The normalized spacial score (nSPS) is 12.0. The van der Waals surface area contributed by atoms with E-state index in [4.69, 9.17) is 32.7 Å². The molecule has 2 aromatic carbocycles. The van der Waals surface area contributed by atoms with Gasteiger partial charge in [0.05, 0.1) is 10.7 Å². The average Bonchev–Trinajstić information content (AvgIpc) is 3.11. The molecule has 0 fully saturated rings. The Kier molecular flexibility index (Phi) is 6.08. The zero-order chi connectivity index (χ0) is 19.4. The molecule has 6 nitrogen and oxygen atoms in total. The third-order valence-electron chi connectivity index (χ3n) is 3.94. The molecule has 2 aromatic rings. The topological polar surface area (TPSA) is 67.9 Å². The number of hydrogen-bond acceptors (Lipinski definition) is 4. The molecule has 0 radical (unpaired) electrons. The summed E-state index contributed by atoms with van der Waals surface area (Å²) in [5.74, 6) is 0.499. The minimum Gasteiger partial charge on any atom is -0.454 e. The van der Waals surface area contributed by atoms with Crippen molar-refractivity contribution >= 4 is 40.7 Å². The van der Waals surface area contributed by atoms with Gasteiger partial charge in [-0.15, -0.1) is 0 Å². The largest absolute Gasteiger partial charge is 0.454 e. The molecule has 27 heavy (non-hydrogen) atoms. The molecule has 1 N–H and O–H groups in total. The molecule has 142 valence electrons. The summed E-state index contributed by atoms with van der Waals surface area (Å²) in [4.78, 5) is 26.8. The zero-order valence-electron chi connectivity index (χ0n) is 14.6. The van der Waals surface area contributed by atoms with E-state index in [0.717, 1.165) is 0 Å². The number of anilines is 1. The fourth-order valence-electron chi connectivity index (χ4n) is 2.69. The summed E-state index contributed by atoms with van der Waals surface area (Å²) >= 11 is 12.0. The molecule has 3 rings (SSSR count). The summed E-state index contributed by atoms with van der Waals surface area (Å²) < 4.78 is 10.6. The Balaban J connectivity index is 1.72. The van der Waals surface area contributed by atoms with Crippen LogP contribution in [0, 0.1) is 0 Å². The van der Waals surface area contributed by atoms with Gasteiger partial charge in [-0.2, -0.15) is 0 Å². The number of amides is 2. The van der Waals surface area contributed by atoms with Gasteiger partial charge in [0.2, 0.25) is 12.7 Å². The number of benzene rings is 2. The van der Waals surface area contributed by atoms with Gasteiger partial charge >= 0.3 is 0 Å². The number of nitrogens with one attached hydrogen (secondary N) is 1. The molecule has 1 aliphatic rings. The van der Waals surface area contributed by atoms with E-state index < -0.39 is 0 Å². The lowest BCUT2D eigenvalue weighted by atomic mass is 10.1. The van der Waals surface area contributed by atoms with Gasteiger partial charge < -0.3 is 19.7 Å². The van der Waals surface area contributed by atoms with Crippen molar-refractivity contribution in [2.45, 2.75) is 13.3 Å². The van der Waals surface area contributed by atoms with Crippen LogP contribution in [0.25, 0.3) is 0 Å². The second-order valence-electron chi connectivity index (χ2n) is 5.97. The van der Waals surface area contributed by atoms with E-state index in [-0.39, 0.29) is 25.2 Å². The molecule has 0 saturated heterocycles. The summed E-state index contributed by atoms with van der Waals surface area (Å²) in [6, 6.07) is 9.76. The average molecular weight is 409 g/mol. The fraction of sp³-hybridized carbons (Fsp3) is 0.263. The standard InChI is InChI=1S/C19H18Cl2N2O4/c1-2-7-23(10-18(24)22-15-9-13(20)4-5-14(15)21)19(25)12-3-6-16-17(8-12)27-11-26-16/h3-6,8-9H,2,7,10-11H2,1H3,(H,22,24). The molecule has 0 spiro atoms. The van der Waals surface area contributed by atoms with Crippen LogP contribution in [0.2, 0.25) is 10.0 Å². The van der Waals surface area contributed by atoms with Gasteiger partial charge in [0.25, 0.3) is 5.91 Å². The highest BCUT2D eigenvalue weighted by molar-refractivity contribution is 6.35. The van der Waals surface area contributed by atoms with E-state index in [2.05, 4.69) is 5.32 Å². The SMILES string of the molecule is CCCN(CC(=O)Nc1cc(Cl)ccc1Cl)C(=O)c1ccc2c(c1)OCO2. The van der Waals surface area contributed by atoms with Crippen LogP contribution in [0.3, 0.4) is 0 Å². The minimum absolute atomic E-state index is 0.107. The van der Waals surface area contributed by atoms with Crippen molar-refractivity contribution in [2.24, 2.45) is 0 Å². The number of rotatable bonds is 6. The van der Waals surface area contributed by atoms with Crippen LogP contribution in [-0.4, -0.2) is 36.6 Å². The van der Waals surface area contributed by atoms with Crippen molar-refractivity contribution in [3.8, 4) is 11.5 Å². The van der Waals surface area contributed by atoms with Crippen LogP contribution in [0.15, 0.2) is 36.4 Å². The van der Waals surface area contributed by atoms with E-state index in [0.29, 0.717) is 45.8 Å². The summed E-state index contributed by atoms with van der Waals surface area (Å²) in [5.41, 5.74) is 0.836. The van der Waals surface area contributed by atoms with Crippen LogP contribution < -0.4 is 14.8 Å². The Labute approximate surface area is 167 Å². The molecular formula is C19H18Cl2N2O4. The van der Waals surface area contributed by atoms with Crippen molar-refractivity contribution in [3.63, 3.8) is 0 Å². The van der Waals surface area contributed by atoms with Gasteiger partial charge in [-0.25, -0.2) is 0 Å². The predicted octanol–water partition coefficient (Wildman–Crippen LogP) is 4.21. The lowest BCUT2D eigenvalue weighted by Crippen LogP contribution is -2.38. The molecule has 2 amide bonds. The second kappa shape index (κ2) is 8.50. The Bertz CT molecular complexity index is 873. The number of carbonyl (C=O) groups is 2. The first-order chi connectivity index (χ1) is 13.0. The highest BCUT2D eigenvalue weighted by Crippen LogP contribution is 2.33. The van der Waals surface area contributed by atoms with Crippen LogP contribution in [0.5, 0.6) is 11.5 Å². The van der Waals surface area contributed by atoms with Crippen molar-refractivity contribution in [2.75, 3.05) is 25.2 Å².